The van der Waals surface area contributed by atoms with Crippen LogP contribution in [0.25, 0.3) is 6.08 Å². The van der Waals surface area contributed by atoms with Gasteiger partial charge in [-0.15, -0.1) is 0 Å². The highest BCUT2D eigenvalue weighted by molar-refractivity contribution is 8.18. The van der Waals surface area contributed by atoms with Crippen molar-refractivity contribution in [1.29, 1.82) is 0 Å². The number of amidine groups is 1. The van der Waals surface area contributed by atoms with Crippen LogP contribution in [0.1, 0.15) is 19.4 Å². The first kappa shape index (κ1) is 25.5. The molecule has 0 radical (unpaired) electrons. The quantitative estimate of drug-likeness (QED) is 0.353. The summed E-state index contributed by atoms with van der Waals surface area (Å²) in [4.78, 5) is 31.2. The molecule has 8 nitrogen and oxygen atoms in total. The van der Waals surface area contributed by atoms with Crippen LogP contribution in [0.15, 0.2) is 46.3 Å². The smallest absolute Gasteiger partial charge is 0.343 e. The van der Waals surface area contributed by atoms with E-state index in [4.69, 9.17) is 25.8 Å². The Kier molecular flexibility index (Phi) is 8.84. The molecule has 1 saturated heterocycles. The lowest BCUT2D eigenvalue weighted by molar-refractivity contribution is -0.142. The van der Waals surface area contributed by atoms with Gasteiger partial charge in [-0.3, -0.25) is 9.69 Å². The van der Waals surface area contributed by atoms with Gasteiger partial charge in [0, 0.05) is 6.54 Å². The molecule has 1 heterocycles. The number of thioether (sulfide) groups is 1. The minimum Gasteiger partial charge on any atom is -0.497 e. The van der Waals surface area contributed by atoms with Crippen LogP contribution in [-0.4, -0.2) is 55.9 Å². The molecule has 0 bridgehead atoms. The van der Waals surface area contributed by atoms with Crippen LogP contribution in [0.3, 0.4) is 0 Å². The number of methoxy groups -OCH3 is 2. The van der Waals surface area contributed by atoms with E-state index in [9.17, 15) is 9.59 Å². The van der Waals surface area contributed by atoms with Gasteiger partial charge in [-0.05, 0) is 73.6 Å². The van der Waals surface area contributed by atoms with Gasteiger partial charge in [0.2, 0.25) is 0 Å². The zero-order valence-corrected chi connectivity index (χ0v) is 20.9. The van der Waals surface area contributed by atoms with Crippen molar-refractivity contribution in [3.8, 4) is 17.2 Å². The van der Waals surface area contributed by atoms with E-state index in [0.717, 1.165) is 5.75 Å². The molecular weight excluding hydrogens is 480 g/mol. The number of carbonyl (C=O) groups is 2. The second-order valence-electron chi connectivity index (χ2n) is 6.88. The number of likely N-dealkylation sites (N-methyl/N-ethyl adjacent to an activating group) is 1. The molecule has 0 aliphatic carbocycles. The third-order valence-corrected chi connectivity index (χ3v) is 5.98. The van der Waals surface area contributed by atoms with Gasteiger partial charge in [0.05, 0.1) is 36.4 Å². The van der Waals surface area contributed by atoms with E-state index in [1.165, 1.54) is 18.9 Å². The Morgan fingerprint density at radius 3 is 2.50 bits per heavy atom. The molecule has 0 saturated carbocycles. The molecular formula is C24H25ClN2O6S. The number of halogens is 1. The van der Waals surface area contributed by atoms with E-state index >= 15 is 0 Å². The normalized spacial score (nSPS) is 15.7. The molecule has 34 heavy (non-hydrogen) atoms. The molecule has 0 spiro atoms. The van der Waals surface area contributed by atoms with Crippen molar-refractivity contribution in [2.45, 2.75) is 13.8 Å². The number of esters is 1. The van der Waals surface area contributed by atoms with Gasteiger partial charge < -0.3 is 18.9 Å². The average Bonchev–Trinajstić information content (AvgIpc) is 3.12. The summed E-state index contributed by atoms with van der Waals surface area (Å²) in [6.45, 7) is 4.25. The molecule has 1 fully saturated rings. The van der Waals surface area contributed by atoms with Gasteiger partial charge in [-0.25, -0.2) is 9.79 Å². The zero-order chi connectivity index (χ0) is 24.7. The van der Waals surface area contributed by atoms with Crippen LogP contribution >= 0.6 is 23.4 Å². The lowest BCUT2D eigenvalue weighted by Crippen LogP contribution is -2.28. The maximum Gasteiger partial charge on any atom is 0.343 e. The maximum absolute atomic E-state index is 13.0. The third kappa shape index (κ3) is 6.03. The molecule has 0 N–H and O–H groups in total. The number of hydrogen-bond acceptors (Lipinski definition) is 8. The molecule has 0 aromatic heterocycles. The van der Waals surface area contributed by atoms with E-state index in [0.29, 0.717) is 40.2 Å². The monoisotopic (exact) mass is 504 g/mol. The van der Waals surface area contributed by atoms with Crippen molar-refractivity contribution in [3.05, 3.63) is 51.9 Å². The Balaban J connectivity index is 1.90. The highest BCUT2D eigenvalue weighted by Crippen LogP contribution is 2.39. The summed E-state index contributed by atoms with van der Waals surface area (Å²) in [5.41, 5.74) is 1.36. The second-order valence-corrected chi connectivity index (χ2v) is 8.30. The average molecular weight is 505 g/mol. The SMILES string of the molecule is CCOc1cc(/C=C2/SC(=Nc3ccc(OC)cc3)N(CC)C2=O)cc(Cl)c1OCC(=O)OC. The third-order valence-electron chi connectivity index (χ3n) is 4.69. The topological polar surface area (TPSA) is 86.7 Å². The van der Waals surface area contributed by atoms with Crippen molar-refractivity contribution in [2.75, 3.05) is 34.0 Å². The Labute approximate surface area is 207 Å². The maximum atomic E-state index is 13.0. The van der Waals surface area contributed by atoms with Crippen LogP contribution in [0, 0.1) is 0 Å². The summed E-state index contributed by atoms with van der Waals surface area (Å²) in [5.74, 6) is 0.632. The van der Waals surface area contributed by atoms with Gasteiger partial charge >= 0.3 is 5.97 Å². The van der Waals surface area contributed by atoms with Gasteiger partial charge in [0.15, 0.2) is 23.3 Å². The van der Waals surface area contributed by atoms with E-state index in [2.05, 4.69) is 9.73 Å². The van der Waals surface area contributed by atoms with Crippen molar-refractivity contribution in [1.82, 2.24) is 4.90 Å². The Morgan fingerprint density at radius 2 is 1.88 bits per heavy atom. The van der Waals surface area contributed by atoms with Crippen molar-refractivity contribution in [3.63, 3.8) is 0 Å². The van der Waals surface area contributed by atoms with Crippen molar-refractivity contribution >= 4 is 52.2 Å². The lowest BCUT2D eigenvalue weighted by atomic mass is 10.1. The van der Waals surface area contributed by atoms with Crippen LogP contribution in [0.5, 0.6) is 17.2 Å². The molecule has 180 valence electrons. The molecule has 1 aliphatic rings. The molecule has 3 rings (SSSR count). The lowest BCUT2D eigenvalue weighted by Gasteiger charge is -2.14. The van der Waals surface area contributed by atoms with Crippen LogP contribution in [0.4, 0.5) is 5.69 Å². The number of hydrogen-bond donors (Lipinski definition) is 0. The number of carbonyl (C=O) groups excluding carboxylic acids is 2. The summed E-state index contributed by atoms with van der Waals surface area (Å²) in [6, 6.07) is 10.6. The van der Waals surface area contributed by atoms with E-state index in [-0.39, 0.29) is 23.3 Å². The molecule has 2 aromatic carbocycles. The number of nitrogens with zero attached hydrogens (tertiary/aromatic N) is 2. The fraction of sp³-hybridized carbons (Fsp3) is 0.292. The van der Waals surface area contributed by atoms with Crippen LogP contribution in [-0.2, 0) is 14.3 Å². The number of ether oxygens (including phenoxy) is 4. The first-order valence-corrected chi connectivity index (χ1v) is 11.7. The first-order valence-electron chi connectivity index (χ1n) is 10.5. The summed E-state index contributed by atoms with van der Waals surface area (Å²) in [7, 11) is 2.87. The highest BCUT2D eigenvalue weighted by Gasteiger charge is 2.32. The van der Waals surface area contributed by atoms with Crippen molar-refractivity contribution in [2.24, 2.45) is 4.99 Å². The largest absolute Gasteiger partial charge is 0.497 e. The molecule has 1 aliphatic heterocycles. The van der Waals surface area contributed by atoms with Crippen LogP contribution in [0.2, 0.25) is 5.02 Å². The molecule has 10 heteroatoms. The summed E-state index contributed by atoms with van der Waals surface area (Å²) < 4.78 is 20.9. The fourth-order valence-electron chi connectivity index (χ4n) is 3.05. The molecule has 0 unspecified atom stereocenters. The van der Waals surface area contributed by atoms with Gasteiger partial charge in [0.25, 0.3) is 5.91 Å². The van der Waals surface area contributed by atoms with Crippen molar-refractivity contribution < 1.29 is 28.5 Å². The predicted octanol–water partition coefficient (Wildman–Crippen LogP) is 4.92. The minimum absolute atomic E-state index is 0.153. The summed E-state index contributed by atoms with van der Waals surface area (Å²) in [5, 5.41) is 0.828. The minimum atomic E-state index is -0.541. The number of benzene rings is 2. The van der Waals surface area contributed by atoms with E-state index < -0.39 is 5.97 Å². The molecule has 1 amide bonds. The Hall–Kier alpha value is -3.17. The van der Waals surface area contributed by atoms with E-state index in [1.54, 1.807) is 30.2 Å². The zero-order valence-electron chi connectivity index (χ0n) is 19.3. The summed E-state index contributed by atoms with van der Waals surface area (Å²) in [6.07, 6.45) is 1.73. The number of amides is 1. The predicted molar refractivity (Wildman–Crippen MR) is 133 cm³/mol. The Morgan fingerprint density at radius 1 is 1.15 bits per heavy atom. The number of aliphatic imine (C=N–C) groups is 1. The number of rotatable bonds is 9. The fourth-order valence-corrected chi connectivity index (χ4v) is 4.39. The van der Waals surface area contributed by atoms with Gasteiger partial charge in [-0.2, -0.15) is 0 Å². The standard InChI is InChI=1S/C24H25ClN2O6S/c1-5-27-23(29)20(34-24(27)26-16-7-9-17(30-3)10-8-16)13-15-11-18(25)22(19(12-15)32-6-2)33-14-21(28)31-4/h7-13H,5-6,14H2,1-4H3/b20-13+,26-24?. The van der Waals surface area contributed by atoms with Crippen LogP contribution < -0.4 is 14.2 Å². The first-order chi connectivity index (χ1) is 16.4. The molecule has 2 aromatic rings. The van der Waals surface area contributed by atoms with Gasteiger partial charge in [0.1, 0.15) is 5.75 Å². The Bertz CT molecular complexity index is 1120. The summed E-state index contributed by atoms with van der Waals surface area (Å²) >= 11 is 7.69. The second kappa shape index (κ2) is 11.8. The van der Waals surface area contributed by atoms with E-state index in [1.807, 2.05) is 38.1 Å². The van der Waals surface area contributed by atoms with Gasteiger partial charge in [-0.1, -0.05) is 11.6 Å². The highest BCUT2D eigenvalue weighted by atomic mass is 35.5. The molecule has 0 atom stereocenters.